The molecule has 0 radical (unpaired) electrons. The lowest BCUT2D eigenvalue weighted by Crippen LogP contribution is -2.34. The van der Waals surface area contributed by atoms with Gasteiger partial charge in [-0.15, -0.1) is 0 Å². The van der Waals surface area contributed by atoms with Gasteiger partial charge >= 0.3 is 0 Å². The number of carbonyl (C=O) groups excluding carboxylic acids is 1. The molecular weight excluding hydrogens is 216 g/mol. The number of nitrogens with one attached hydrogen (secondary N) is 1. The molecule has 0 aliphatic heterocycles. The van der Waals surface area contributed by atoms with Crippen molar-refractivity contribution in [1.82, 2.24) is 9.78 Å². The first kappa shape index (κ1) is 12.1. The van der Waals surface area contributed by atoms with Gasteiger partial charge in [0.15, 0.2) is 0 Å². The molecule has 1 aliphatic carbocycles. The smallest absolute Gasteiger partial charge is 0.230 e. The molecule has 1 heterocycles. The van der Waals surface area contributed by atoms with Gasteiger partial charge in [-0.1, -0.05) is 6.42 Å². The minimum atomic E-state index is -0.0505. The van der Waals surface area contributed by atoms with E-state index in [1.54, 1.807) is 10.9 Å². The third-order valence-electron chi connectivity index (χ3n) is 3.32. The van der Waals surface area contributed by atoms with Crippen molar-refractivity contribution < 1.29 is 4.79 Å². The van der Waals surface area contributed by atoms with E-state index in [1.807, 2.05) is 19.9 Å². The molecule has 1 aliphatic rings. The zero-order chi connectivity index (χ0) is 12.4. The second-order valence-electron chi connectivity index (χ2n) is 4.95. The summed E-state index contributed by atoms with van der Waals surface area (Å²) in [7, 11) is 0. The molecule has 5 nitrogen and oxygen atoms in total. The van der Waals surface area contributed by atoms with E-state index < -0.39 is 0 Å². The number of rotatable bonds is 3. The van der Waals surface area contributed by atoms with Crippen LogP contribution < -0.4 is 11.1 Å². The molecule has 1 amide bonds. The molecule has 0 saturated heterocycles. The van der Waals surface area contributed by atoms with Crippen LogP contribution in [0.5, 0.6) is 0 Å². The lowest BCUT2D eigenvalue weighted by Gasteiger charge is -2.17. The third-order valence-corrected chi connectivity index (χ3v) is 3.32. The Balaban J connectivity index is 2.05. The fourth-order valence-electron chi connectivity index (χ4n) is 2.36. The molecule has 1 fully saturated rings. The summed E-state index contributed by atoms with van der Waals surface area (Å²) in [6.07, 6.45) is 4.58. The van der Waals surface area contributed by atoms with Gasteiger partial charge in [-0.25, -0.2) is 4.68 Å². The first-order chi connectivity index (χ1) is 8.09. The Kier molecular flexibility index (Phi) is 3.47. The molecule has 1 saturated carbocycles. The molecule has 17 heavy (non-hydrogen) atoms. The van der Waals surface area contributed by atoms with Crippen molar-refractivity contribution in [3.8, 4) is 0 Å². The lowest BCUT2D eigenvalue weighted by atomic mass is 10.0. The molecule has 2 unspecified atom stereocenters. The largest absolute Gasteiger partial charge is 0.327 e. The number of anilines is 1. The highest BCUT2D eigenvalue weighted by Gasteiger charge is 2.30. The van der Waals surface area contributed by atoms with Crippen LogP contribution in [0.4, 0.5) is 5.82 Å². The van der Waals surface area contributed by atoms with Crippen LogP contribution in [-0.4, -0.2) is 21.7 Å². The summed E-state index contributed by atoms with van der Waals surface area (Å²) in [5, 5.41) is 7.11. The van der Waals surface area contributed by atoms with Gasteiger partial charge in [0.1, 0.15) is 5.82 Å². The van der Waals surface area contributed by atoms with Crippen LogP contribution >= 0.6 is 0 Å². The van der Waals surface area contributed by atoms with E-state index >= 15 is 0 Å². The van der Waals surface area contributed by atoms with Gasteiger partial charge in [-0.05, 0) is 26.7 Å². The summed E-state index contributed by atoms with van der Waals surface area (Å²) in [6, 6.07) is 2.06. The van der Waals surface area contributed by atoms with Gasteiger partial charge in [0.2, 0.25) is 5.91 Å². The zero-order valence-corrected chi connectivity index (χ0v) is 10.4. The maximum absolute atomic E-state index is 12.1. The first-order valence-corrected chi connectivity index (χ1v) is 6.19. The summed E-state index contributed by atoms with van der Waals surface area (Å²) in [5.41, 5.74) is 5.92. The van der Waals surface area contributed by atoms with E-state index in [1.165, 1.54) is 0 Å². The topological polar surface area (TPSA) is 72.9 Å². The van der Waals surface area contributed by atoms with Gasteiger partial charge in [0.05, 0.1) is 12.1 Å². The zero-order valence-electron chi connectivity index (χ0n) is 10.4. The van der Waals surface area contributed by atoms with Crippen LogP contribution in [0.15, 0.2) is 12.3 Å². The molecule has 0 bridgehead atoms. The van der Waals surface area contributed by atoms with Crippen LogP contribution in [0, 0.1) is 5.92 Å². The quantitative estimate of drug-likeness (QED) is 0.836. The second-order valence-corrected chi connectivity index (χ2v) is 4.95. The minimum absolute atomic E-state index is 0.00502. The molecular formula is C12H20N4O. The van der Waals surface area contributed by atoms with Crippen molar-refractivity contribution in [1.29, 1.82) is 0 Å². The standard InChI is InChI=1S/C12H20N4O/c1-8(2)16-11(6-7-14-16)15-12(17)9-4-3-5-10(9)13/h6-10H,3-5,13H2,1-2H3,(H,15,17). The molecule has 0 spiro atoms. The van der Waals surface area contributed by atoms with Gasteiger partial charge in [0, 0.05) is 18.2 Å². The summed E-state index contributed by atoms with van der Waals surface area (Å²) in [5.74, 6) is 0.729. The van der Waals surface area contributed by atoms with Crippen molar-refractivity contribution in [3.05, 3.63) is 12.3 Å². The number of nitrogens with two attached hydrogens (primary N) is 1. The molecule has 94 valence electrons. The molecule has 0 aromatic carbocycles. The molecule has 2 rings (SSSR count). The van der Waals surface area contributed by atoms with E-state index in [-0.39, 0.29) is 23.9 Å². The SMILES string of the molecule is CC(C)n1nccc1NC(=O)C1CCCC1N. The van der Waals surface area contributed by atoms with Crippen molar-refractivity contribution in [2.75, 3.05) is 5.32 Å². The second kappa shape index (κ2) is 4.87. The van der Waals surface area contributed by atoms with Crippen LogP contribution in [0.2, 0.25) is 0 Å². The molecule has 1 aromatic heterocycles. The summed E-state index contributed by atoms with van der Waals surface area (Å²) in [6.45, 7) is 4.06. The Bertz CT molecular complexity index is 399. The third kappa shape index (κ3) is 2.49. The Hall–Kier alpha value is -1.36. The molecule has 5 heteroatoms. The van der Waals surface area contributed by atoms with Crippen LogP contribution in [0.3, 0.4) is 0 Å². The predicted molar refractivity (Wildman–Crippen MR) is 66.6 cm³/mol. The first-order valence-electron chi connectivity index (χ1n) is 6.19. The maximum atomic E-state index is 12.1. The average Bonchev–Trinajstić information content (AvgIpc) is 2.86. The fourth-order valence-corrected chi connectivity index (χ4v) is 2.36. The Morgan fingerprint density at radius 2 is 2.35 bits per heavy atom. The van der Waals surface area contributed by atoms with Crippen molar-refractivity contribution in [3.63, 3.8) is 0 Å². The summed E-state index contributed by atoms with van der Waals surface area (Å²) < 4.78 is 1.80. The highest BCUT2D eigenvalue weighted by molar-refractivity contribution is 5.92. The normalized spacial score (nSPS) is 24.2. The van der Waals surface area contributed by atoms with E-state index in [0.29, 0.717) is 0 Å². The molecule has 3 N–H and O–H groups in total. The monoisotopic (exact) mass is 236 g/mol. The number of hydrogen-bond acceptors (Lipinski definition) is 3. The average molecular weight is 236 g/mol. The highest BCUT2D eigenvalue weighted by atomic mass is 16.2. The van der Waals surface area contributed by atoms with Crippen molar-refractivity contribution in [2.45, 2.75) is 45.2 Å². The Morgan fingerprint density at radius 3 is 2.94 bits per heavy atom. The van der Waals surface area contributed by atoms with Crippen LogP contribution in [0.25, 0.3) is 0 Å². The number of aromatic nitrogens is 2. The predicted octanol–water partition coefficient (Wildman–Crippen LogP) is 1.53. The number of carbonyl (C=O) groups is 1. The van der Waals surface area contributed by atoms with E-state index in [9.17, 15) is 4.79 Å². The van der Waals surface area contributed by atoms with E-state index in [2.05, 4.69) is 10.4 Å². The van der Waals surface area contributed by atoms with Gasteiger partial charge in [-0.2, -0.15) is 5.10 Å². The molecule has 2 atom stereocenters. The fraction of sp³-hybridized carbons (Fsp3) is 0.667. The number of nitrogens with zero attached hydrogens (tertiary/aromatic N) is 2. The summed E-state index contributed by atoms with van der Waals surface area (Å²) in [4.78, 5) is 12.1. The highest BCUT2D eigenvalue weighted by Crippen LogP contribution is 2.25. The minimum Gasteiger partial charge on any atom is -0.327 e. The summed E-state index contributed by atoms with van der Waals surface area (Å²) >= 11 is 0. The van der Waals surface area contributed by atoms with Crippen LogP contribution in [-0.2, 0) is 4.79 Å². The van der Waals surface area contributed by atoms with E-state index in [0.717, 1.165) is 25.1 Å². The van der Waals surface area contributed by atoms with Gasteiger partial charge < -0.3 is 11.1 Å². The van der Waals surface area contributed by atoms with Crippen molar-refractivity contribution >= 4 is 11.7 Å². The lowest BCUT2D eigenvalue weighted by molar-refractivity contribution is -0.120. The van der Waals surface area contributed by atoms with Crippen LogP contribution in [0.1, 0.15) is 39.2 Å². The number of hydrogen-bond donors (Lipinski definition) is 2. The Labute approximate surface area is 101 Å². The van der Waals surface area contributed by atoms with Gasteiger partial charge in [0.25, 0.3) is 0 Å². The number of amides is 1. The molecule has 1 aromatic rings. The van der Waals surface area contributed by atoms with Gasteiger partial charge in [-0.3, -0.25) is 4.79 Å². The van der Waals surface area contributed by atoms with E-state index in [4.69, 9.17) is 5.73 Å². The maximum Gasteiger partial charge on any atom is 0.230 e. The Morgan fingerprint density at radius 1 is 1.59 bits per heavy atom. The van der Waals surface area contributed by atoms with Crippen molar-refractivity contribution in [2.24, 2.45) is 11.7 Å².